The van der Waals surface area contributed by atoms with Gasteiger partial charge in [0.1, 0.15) is 0 Å². The van der Waals surface area contributed by atoms with Crippen LogP contribution in [0.1, 0.15) is 0 Å². The predicted molar refractivity (Wildman–Crippen MR) is 249 cm³/mol. The van der Waals surface area contributed by atoms with Crippen LogP contribution in [0.4, 0.5) is 0 Å². The Hall–Kier alpha value is -7.54. The van der Waals surface area contributed by atoms with Crippen molar-refractivity contribution < 1.29 is 0 Å². The molecule has 0 aliphatic carbocycles. The van der Waals surface area contributed by atoms with Crippen molar-refractivity contribution in [1.29, 1.82) is 0 Å². The second kappa shape index (κ2) is 14.2. The van der Waals surface area contributed by atoms with Crippen LogP contribution < -0.4 is 0 Å². The second-order valence-electron chi connectivity index (χ2n) is 15.2. The highest BCUT2D eigenvalue weighted by molar-refractivity contribution is 6.23. The van der Waals surface area contributed by atoms with Crippen molar-refractivity contribution in [3.8, 4) is 66.8 Å². The third kappa shape index (κ3) is 5.69. The Balaban J connectivity index is 1.12. The van der Waals surface area contributed by atoms with Gasteiger partial charge in [-0.05, 0) is 128 Å². The minimum absolute atomic E-state index is 1.21. The van der Waals surface area contributed by atoms with Gasteiger partial charge < -0.3 is 0 Å². The van der Waals surface area contributed by atoms with Gasteiger partial charge in [0, 0.05) is 0 Å². The molecular formula is C58H38. The van der Waals surface area contributed by atoms with Gasteiger partial charge in [-0.25, -0.2) is 0 Å². The summed E-state index contributed by atoms with van der Waals surface area (Å²) in [6, 6.07) is 84.5. The molecule has 0 N–H and O–H groups in total. The van der Waals surface area contributed by atoms with Gasteiger partial charge in [-0.3, -0.25) is 0 Å². The third-order valence-corrected chi connectivity index (χ3v) is 11.8. The molecule has 11 aromatic carbocycles. The Morgan fingerprint density at radius 3 is 0.638 bits per heavy atom. The second-order valence-corrected chi connectivity index (χ2v) is 15.2. The summed E-state index contributed by atoms with van der Waals surface area (Å²) in [5.74, 6) is 0. The van der Waals surface area contributed by atoms with E-state index >= 15 is 0 Å². The molecule has 0 saturated heterocycles. The van der Waals surface area contributed by atoms with Crippen molar-refractivity contribution in [2.45, 2.75) is 0 Å². The lowest BCUT2D eigenvalue weighted by molar-refractivity contribution is 1.58. The van der Waals surface area contributed by atoms with Gasteiger partial charge in [-0.1, -0.05) is 212 Å². The fourth-order valence-electron chi connectivity index (χ4n) is 9.28. The standard InChI is InChI=1S/C58H38/c1-4-18-39(19-5-1)44-36-45(40-20-6-2-7-21-40)38-46(37-44)58-53-30-16-14-28-51(53)57(52-29-15-17-31-54(52)58)43-34-32-42(33-35-43)56-49-26-12-10-24-47(49)55(41-22-8-3-9-23-41)48-25-11-13-27-50(48)56/h1-38H. The molecule has 11 rings (SSSR count). The molecule has 0 aromatic heterocycles. The molecule has 0 unspecified atom stereocenters. The van der Waals surface area contributed by atoms with E-state index in [0.29, 0.717) is 0 Å². The molecule has 270 valence electrons. The van der Waals surface area contributed by atoms with Gasteiger partial charge in [-0.15, -0.1) is 0 Å². The largest absolute Gasteiger partial charge is 0.0622 e. The lowest BCUT2D eigenvalue weighted by Gasteiger charge is -2.20. The maximum atomic E-state index is 2.38. The molecule has 0 bridgehead atoms. The van der Waals surface area contributed by atoms with Crippen LogP contribution in [0.3, 0.4) is 0 Å². The summed E-state index contributed by atoms with van der Waals surface area (Å²) in [6.45, 7) is 0. The Labute approximate surface area is 339 Å². The monoisotopic (exact) mass is 734 g/mol. The first-order valence-electron chi connectivity index (χ1n) is 20.1. The first-order valence-corrected chi connectivity index (χ1v) is 20.1. The lowest BCUT2D eigenvalue weighted by Crippen LogP contribution is -1.93. The number of benzene rings is 11. The molecule has 0 saturated carbocycles. The first kappa shape index (κ1) is 33.8. The van der Waals surface area contributed by atoms with Gasteiger partial charge in [0.05, 0.1) is 0 Å². The number of hydrogen-bond donors (Lipinski definition) is 0. The highest BCUT2D eigenvalue weighted by Gasteiger charge is 2.20. The zero-order valence-corrected chi connectivity index (χ0v) is 31.9. The summed E-state index contributed by atoms with van der Waals surface area (Å²) in [5.41, 5.74) is 14.8. The predicted octanol–water partition coefficient (Wildman–Crippen LogP) is 16.3. The molecule has 58 heavy (non-hydrogen) atoms. The highest BCUT2D eigenvalue weighted by Crippen LogP contribution is 2.47. The van der Waals surface area contributed by atoms with E-state index in [0.717, 1.165) is 0 Å². The summed E-state index contributed by atoms with van der Waals surface area (Å²) in [4.78, 5) is 0. The van der Waals surface area contributed by atoms with Crippen molar-refractivity contribution in [2.75, 3.05) is 0 Å². The van der Waals surface area contributed by atoms with Crippen molar-refractivity contribution in [2.24, 2.45) is 0 Å². The molecule has 0 heteroatoms. The summed E-state index contributed by atoms with van der Waals surface area (Å²) in [5, 5.41) is 10.1. The Bertz CT molecular complexity index is 3120. The number of rotatable bonds is 6. The van der Waals surface area contributed by atoms with E-state index in [1.54, 1.807) is 0 Å². The minimum Gasteiger partial charge on any atom is -0.0622 e. The van der Waals surface area contributed by atoms with Crippen LogP contribution in [0.5, 0.6) is 0 Å². The minimum atomic E-state index is 1.21. The molecule has 0 atom stereocenters. The van der Waals surface area contributed by atoms with E-state index in [2.05, 4.69) is 231 Å². The lowest BCUT2D eigenvalue weighted by atomic mass is 9.83. The van der Waals surface area contributed by atoms with E-state index in [1.165, 1.54) is 110 Å². The third-order valence-electron chi connectivity index (χ3n) is 11.8. The average molecular weight is 735 g/mol. The fourth-order valence-corrected chi connectivity index (χ4v) is 9.28. The van der Waals surface area contributed by atoms with Crippen LogP contribution in [0.15, 0.2) is 231 Å². The summed E-state index contributed by atoms with van der Waals surface area (Å²) in [6.07, 6.45) is 0. The van der Waals surface area contributed by atoms with Crippen molar-refractivity contribution in [3.63, 3.8) is 0 Å². The van der Waals surface area contributed by atoms with Gasteiger partial charge in [-0.2, -0.15) is 0 Å². The average Bonchev–Trinajstić information content (AvgIpc) is 3.30. The molecule has 0 fully saturated rings. The number of hydrogen-bond acceptors (Lipinski definition) is 0. The van der Waals surface area contributed by atoms with Crippen molar-refractivity contribution in [1.82, 2.24) is 0 Å². The molecule has 0 nitrogen and oxygen atoms in total. The molecular weight excluding hydrogens is 697 g/mol. The topological polar surface area (TPSA) is 0 Å². The number of fused-ring (bicyclic) bond motifs is 4. The van der Waals surface area contributed by atoms with Gasteiger partial charge in [0.25, 0.3) is 0 Å². The first-order chi connectivity index (χ1) is 28.8. The molecule has 0 aliphatic rings. The van der Waals surface area contributed by atoms with Crippen LogP contribution in [-0.2, 0) is 0 Å². The fraction of sp³-hybridized carbons (Fsp3) is 0. The van der Waals surface area contributed by atoms with Gasteiger partial charge in [0.2, 0.25) is 0 Å². The van der Waals surface area contributed by atoms with E-state index in [1.807, 2.05) is 0 Å². The molecule has 11 aromatic rings. The maximum Gasteiger partial charge on any atom is -0.00259 e. The van der Waals surface area contributed by atoms with E-state index < -0.39 is 0 Å². The Morgan fingerprint density at radius 2 is 0.345 bits per heavy atom. The Morgan fingerprint density at radius 1 is 0.138 bits per heavy atom. The van der Waals surface area contributed by atoms with E-state index in [4.69, 9.17) is 0 Å². The molecule has 0 heterocycles. The molecule has 0 amide bonds. The van der Waals surface area contributed by atoms with Gasteiger partial charge in [0.15, 0.2) is 0 Å². The SMILES string of the molecule is c1ccc(-c2cc(-c3ccccc3)cc(-c3c4ccccc4c(-c4ccc(-c5c6ccccc6c(-c6ccccc6)c6ccccc56)cc4)c4ccccc34)c2)cc1. The molecule has 0 spiro atoms. The quantitative estimate of drug-likeness (QED) is 0.149. The van der Waals surface area contributed by atoms with Crippen LogP contribution in [0.2, 0.25) is 0 Å². The summed E-state index contributed by atoms with van der Waals surface area (Å²) < 4.78 is 0. The van der Waals surface area contributed by atoms with E-state index in [9.17, 15) is 0 Å². The van der Waals surface area contributed by atoms with Crippen LogP contribution in [0, 0.1) is 0 Å². The zero-order valence-electron chi connectivity index (χ0n) is 31.9. The molecule has 0 radical (unpaired) electrons. The maximum absolute atomic E-state index is 2.38. The van der Waals surface area contributed by atoms with Crippen molar-refractivity contribution >= 4 is 43.1 Å². The summed E-state index contributed by atoms with van der Waals surface area (Å²) >= 11 is 0. The van der Waals surface area contributed by atoms with Crippen molar-refractivity contribution in [3.05, 3.63) is 231 Å². The van der Waals surface area contributed by atoms with E-state index in [-0.39, 0.29) is 0 Å². The van der Waals surface area contributed by atoms with Gasteiger partial charge >= 0.3 is 0 Å². The van der Waals surface area contributed by atoms with Crippen LogP contribution in [0.25, 0.3) is 110 Å². The Kier molecular flexibility index (Phi) is 8.26. The van der Waals surface area contributed by atoms with Crippen LogP contribution >= 0.6 is 0 Å². The highest BCUT2D eigenvalue weighted by atomic mass is 14.2. The smallest absolute Gasteiger partial charge is 0.00259 e. The molecule has 0 aliphatic heterocycles. The van der Waals surface area contributed by atoms with Crippen LogP contribution in [-0.4, -0.2) is 0 Å². The summed E-state index contributed by atoms with van der Waals surface area (Å²) in [7, 11) is 0. The normalized spacial score (nSPS) is 11.4. The zero-order chi connectivity index (χ0) is 38.4.